The van der Waals surface area contributed by atoms with Crippen molar-refractivity contribution in [1.29, 1.82) is 5.26 Å². The molecule has 14 heavy (non-hydrogen) atoms. The maximum absolute atomic E-state index is 8.40. The number of hydrogen-bond donors (Lipinski definition) is 1. The second-order valence-electron chi connectivity index (χ2n) is 4.68. The van der Waals surface area contributed by atoms with E-state index in [0.29, 0.717) is 12.5 Å². The molecule has 0 saturated heterocycles. The van der Waals surface area contributed by atoms with Crippen molar-refractivity contribution in [2.75, 3.05) is 6.54 Å². The first-order chi connectivity index (χ1) is 6.74. The average Bonchev–Trinajstić information content (AvgIpc) is 2.18. The van der Waals surface area contributed by atoms with Gasteiger partial charge in [-0.15, -0.1) is 0 Å². The molecule has 0 aromatic rings. The van der Waals surface area contributed by atoms with Crippen LogP contribution in [0.3, 0.4) is 0 Å². The predicted molar refractivity (Wildman–Crippen MR) is 58.8 cm³/mol. The van der Waals surface area contributed by atoms with Gasteiger partial charge in [-0.3, -0.25) is 0 Å². The lowest BCUT2D eigenvalue weighted by atomic mass is 9.79. The molecule has 3 unspecified atom stereocenters. The van der Waals surface area contributed by atoms with Crippen LogP contribution in [0.2, 0.25) is 0 Å². The summed E-state index contributed by atoms with van der Waals surface area (Å²) < 4.78 is 0. The van der Waals surface area contributed by atoms with Gasteiger partial charge in [0.25, 0.3) is 0 Å². The minimum Gasteiger partial charge on any atom is -0.314 e. The molecule has 1 rings (SSSR count). The molecular formula is C12H22N2. The minimum absolute atomic E-state index is 0.686. The van der Waals surface area contributed by atoms with Gasteiger partial charge in [0.2, 0.25) is 0 Å². The molecule has 0 aromatic carbocycles. The standard InChI is InChI=1S/C12H22N2/c1-10-5-6-12(9-11(10)2)14-8-4-3-7-13/h10-12,14H,3-6,8-9H2,1-2H3. The maximum atomic E-state index is 8.40. The zero-order valence-electron chi connectivity index (χ0n) is 9.42. The SMILES string of the molecule is CC1CCC(NCCCC#N)CC1C. The molecule has 0 amide bonds. The maximum Gasteiger partial charge on any atom is 0.0622 e. The van der Waals surface area contributed by atoms with Crippen molar-refractivity contribution in [2.45, 2.75) is 52.0 Å². The van der Waals surface area contributed by atoms with Gasteiger partial charge < -0.3 is 5.32 Å². The van der Waals surface area contributed by atoms with E-state index in [2.05, 4.69) is 25.2 Å². The van der Waals surface area contributed by atoms with Crippen LogP contribution in [0.25, 0.3) is 0 Å². The van der Waals surface area contributed by atoms with Crippen molar-refractivity contribution in [3.63, 3.8) is 0 Å². The van der Waals surface area contributed by atoms with Gasteiger partial charge in [0, 0.05) is 12.5 Å². The monoisotopic (exact) mass is 194 g/mol. The van der Waals surface area contributed by atoms with Crippen LogP contribution < -0.4 is 5.32 Å². The highest BCUT2D eigenvalue weighted by Gasteiger charge is 2.23. The zero-order chi connectivity index (χ0) is 10.4. The molecule has 1 N–H and O–H groups in total. The smallest absolute Gasteiger partial charge is 0.0622 e. The van der Waals surface area contributed by atoms with Crippen molar-refractivity contribution in [2.24, 2.45) is 11.8 Å². The zero-order valence-corrected chi connectivity index (χ0v) is 9.42. The Hall–Kier alpha value is -0.550. The van der Waals surface area contributed by atoms with Gasteiger partial charge >= 0.3 is 0 Å². The normalized spacial score (nSPS) is 32.5. The molecule has 0 aromatic heterocycles. The van der Waals surface area contributed by atoms with Crippen molar-refractivity contribution in [3.8, 4) is 6.07 Å². The lowest BCUT2D eigenvalue weighted by Crippen LogP contribution is -2.36. The number of nitrogens with zero attached hydrogens (tertiary/aromatic N) is 1. The molecule has 0 bridgehead atoms. The molecule has 2 heteroatoms. The Morgan fingerprint density at radius 3 is 2.71 bits per heavy atom. The summed E-state index contributed by atoms with van der Waals surface area (Å²) in [6, 6.07) is 2.89. The summed E-state index contributed by atoms with van der Waals surface area (Å²) in [5, 5.41) is 12.0. The summed E-state index contributed by atoms with van der Waals surface area (Å²) in [4.78, 5) is 0. The highest BCUT2D eigenvalue weighted by atomic mass is 14.9. The van der Waals surface area contributed by atoms with Crippen LogP contribution in [0.1, 0.15) is 46.0 Å². The molecule has 2 nitrogen and oxygen atoms in total. The van der Waals surface area contributed by atoms with E-state index in [4.69, 9.17) is 5.26 Å². The summed E-state index contributed by atoms with van der Waals surface area (Å²) in [7, 11) is 0. The lowest BCUT2D eigenvalue weighted by Gasteiger charge is -2.32. The van der Waals surface area contributed by atoms with Crippen LogP contribution in [0.15, 0.2) is 0 Å². The summed E-state index contributed by atoms with van der Waals surface area (Å²) >= 11 is 0. The highest BCUT2D eigenvalue weighted by molar-refractivity contribution is 4.80. The van der Waals surface area contributed by atoms with Crippen molar-refractivity contribution >= 4 is 0 Å². The van der Waals surface area contributed by atoms with E-state index in [1.807, 2.05) is 0 Å². The Morgan fingerprint density at radius 2 is 2.07 bits per heavy atom. The molecule has 1 aliphatic rings. The Balaban J connectivity index is 2.11. The molecule has 0 heterocycles. The Kier molecular flexibility index (Phi) is 4.97. The van der Waals surface area contributed by atoms with E-state index in [1.165, 1.54) is 19.3 Å². The van der Waals surface area contributed by atoms with E-state index in [9.17, 15) is 0 Å². The molecule has 1 saturated carbocycles. The molecule has 1 aliphatic carbocycles. The fraction of sp³-hybridized carbons (Fsp3) is 0.917. The third-order valence-electron chi connectivity index (χ3n) is 3.50. The summed E-state index contributed by atoms with van der Waals surface area (Å²) in [6.45, 7) is 5.73. The van der Waals surface area contributed by atoms with E-state index in [-0.39, 0.29) is 0 Å². The quantitative estimate of drug-likeness (QED) is 0.698. The van der Waals surface area contributed by atoms with Gasteiger partial charge in [0.1, 0.15) is 0 Å². The van der Waals surface area contributed by atoms with Gasteiger partial charge in [-0.2, -0.15) is 5.26 Å². The fourth-order valence-corrected chi connectivity index (χ4v) is 2.21. The minimum atomic E-state index is 0.686. The van der Waals surface area contributed by atoms with Crippen LogP contribution in [0, 0.1) is 23.2 Å². The summed E-state index contributed by atoms with van der Waals surface area (Å²) in [5.41, 5.74) is 0. The molecule has 0 radical (unpaired) electrons. The van der Waals surface area contributed by atoms with Crippen molar-refractivity contribution < 1.29 is 0 Å². The van der Waals surface area contributed by atoms with Crippen LogP contribution in [-0.4, -0.2) is 12.6 Å². The number of rotatable bonds is 4. The number of unbranched alkanes of at least 4 members (excludes halogenated alkanes) is 1. The van der Waals surface area contributed by atoms with Gasteiger partial charge in [-0.05, 0) is 44.1 Å². The molecular weight excluding hydrogens is 172 g/mol. The lowest BCUT2D eigenvalue weighted by molar-refractivity contribution is 0.226. The van der Waals surface area contributed by atoms with Gasteiger partial charge in [-0.25, -0.2) is 0 Å². The van der Waals surface area contributed by atoms with Crippen LogP contribution in [0.5, 0.6) is 0 Å². The molecule has 80 valence electrons. The Bertz CT molecular complexity index is 195. The van der Waals surface area contributed by atoms with Crippen LogP contribution >= 0.6 is 0 Å². The van der Waals surface area contributed by atoms with E-state index >= 15 is 0 Å². The fourth-order valence-electron chi connectivity index (χ4n) is 2.21. The Labute approximate surface area is 87.7 Å². The third kappa shape index (κ3) is 3.67. The highest BCUT2D eigenvalue weighted by Crippen LogP contribution is 2.29. The first kappa shape index (κ1) is 11.5. The van der Waals surface area contributed by atoms with E-state index in [0.717, 1.165) is 24.8 Å². The number of hydrogen-bond acceptors (Lipinski definition) is 2. The molecule has 0 aliphatic heterocycles. The van der Waals surface area contributed by atoms with Gasteiger partial charge in [-0.1, -0.05) is 13.8 Å². The molecule has 0 spiro atoms. The van der Waals surface area contributed by atoms with E-state index in [1.54, 1.807) is 0 Å². The van der Waals surface area contributed by atoms with Gasteiger partial charge in [0.15, 0.2) is 0 Å². The second kappa shape index (κ2) is 6.03. The van der Waals surface area contributed by atoms with Crippen molar-refractivity contribution in [1.82, 2.24) is 5.32 Å². The van der Waals surface area contributed by atoms with Crippen LogP contribution in [0.4, 0.5) is 0 Å². The van der Waals surface area contributed by atoms with E-state index < -0.39 is 0 Å². The number of nitrogens with one attached hydrogen (secondary N) is 1. The van der Waals surface area contributed by atoms with Crippen molar-refractivity contribution in [3.05, 3.63) is 0 Å². The predicted octanol–water partition coefficient (Wildman–Crippen LogP) is 2.70. The molecule has 3 atom stereocenters. The summed E-state index contributed by atoms with van der Waals surface area (Å²) in [6.07, 6.45) is 5.67. The van der Waals surface area contributed by atoms with Gasteiger partial charge in [0.05, 0.1) is 6.07 Å². The average molecular weight is 194 g/mol. The first-order valence-corrected chi connectivity index (χ1v) is 5.84. The topological polar surface area (TPSA) is 35.8 Å². The third-order valence-corrected chi connectivity index (χ3v) is 3.50. The Morgan fingerprint density at radius 1 is 1.29 bits per heavy atom. The molecule has 1 fully saturated rings. The largest absolute Gasteiger partial charge is 0.314 e. The second-order valence-corrected chi connectivity index (χ2v) is 4.68. The van der Waals surface area contributed by atoms with Crippen LogP contribution in [-0.2, 0) is 0 Å². The first-order valence-electron chi connectivity index (χ1n) is 5.84. The number of nitriles is 1. The summed E-state index contributed by atoms with van der Waals surface area (Å²) in [5.74, 6) is 1.75.